The quantitative estimate of drug-likeness (QED) is 0.868. The number of hydrogen-bond acceptors (Lipinski definition) is 3. The minimum atomic E-state index is -4.55. The van der Waals surface area contributed by atoms with Crippen molar-refractivity contribution < 1.29 is 18.3 Å². The smallest absolute Gasteiger partial charge is 0.391 e. The van der Waals surface area contributed by atoms with E-state index in [2.05, 4.69) is 0 Å². The molecule has 0 amide bonds. The van der Waals surface area contributed by atoms with Gasteiger partial charge in [0.2, 0.25) is 0 Å². The summed E-state index contributed by atoms with van der Waals surface area (Å²) in [5, 5.41) is 19.2. The van der Waals surface area contributed by atoms with E-state index in [9.17, 15) is 18.3 Å². The summed E-state index contributed by atoms with van der Waals surface area (Å²) in [6.45, 7) is 0.700. The van der Waals surface area contributed by atoms with Crippen molar-refractivity contribution >= 4 is 5.69 Å². The van der Waals surface area contributed by atoms with E-state index in [0.717, 1.165) is 18.9 Å². The van der Waals surface area contributed by atoms with Crippen LogP contribution in [-0.4, -0.2) is 23.8 Å². The fourth-order valence-electron chi connectivity index (χ4n) is 4.75. The Hall–Kier alpha value is -1.74. The standard InChI is InChI=1S/C16H15F3N2O/c17-16(18,19)13-5-11(2-1-8(13)6-20)21-7-10-3-9-4-12(10)14(21)15(9)22/h1-2,5,9-10,12,14-15,22H,3-4,7H2. The van der Waals surface area contributed by atoms with Crippen molar-refractivity contribution in [3.63, 3.8) is 0 Å². The maximum atomic E-state index is 13.1. The summed E-state index contributed by atoms with van der Waals surface area (Å²) in [5.74, 6) is 1.17. The third-order valence-corrected chi connectivity index (χ3v) is 5.61. The largest absolute Gasteiger partial charge is 0.417 e. The van der Waals surface area contributed by atoms with Crippen molar-refractivity contribution in [2.75, 3.05) is 11.4 Å². The molecule has 1 heterocycles. The highest BCUT2D eigenvalue weighted by atomic mass is 19.4. The van der Waals surface area contributed by atoms with Crippen LogP contribution in [-0.2, 0) is 6.18 Å². The van der Waals surface area contributed by atoms with Gasteiger partial charge in [-0.15, -0.1) is 0 Å². The normalized spacial score (nSPS) is 36.0. The number of nitrogens with zero attached hydrogens (tertiary/aromatic N) is 2. The third kappa shape index (κ3) is 1.78. The first-order chi connectivity index (χ1) is 10.4. The molecular formula is C16H15F3N2O. The molecule has 0 spiro atoms. The fourth-order valence-corrected chi connectivity index (χ4v) is 4.75. The van der Waals surface area contributed by atoms with Gasteiger partial charge in [-0.05, 0) is 48.8 Å². The second kappa shape index (κ2) is 4.39. The zero-order valence-corrected chi connectivity index (χ0v) is 11.7. The van der Waals surface area contributed by atoms with E-state index in [1.807, 2.05) is 4.90 Å². The molecule has 1 aliphatic heterocycles. The van der Waals surface area contributed by atoms with E-state index in [4.69, 9.17) is 5.26 Å². The summed E-state index contributed by atoms with van der Waals surface area (Å²) in [6.07, 6.45) is -3.04. The molecule has 1 aromatic carbocycles. The summed E-state index contributed by atoms with van der Waals surface area (Å²) in [7, 11) is 0. The van der Waals surface area contributed by atoms with Crippen LogP contribution in [0.2, 0.25) is 0 Å². The van der Waals surface area contributed by atoms with Crippen LogP contribution in [0, 0.1) is 29.1 Å². The van der Waals surface area contributed by atoms with Crippen LogP contribution in [0.4, 0.5) is 18.9 Å². The number of fused-ring (bicyclic) bond motifs is 1. The third-order valence-electron chi connectivity index (χ3n) is 5.61. The van der Waals surface area contributed by atoms with Crippen molar-refractivity contribution in [2.24, 2.45) is 17.8 Å². The molecule has 116 valence electrons. The Kier molecular flexibility index (Phi) is 2.77. The van der Waals surface area contributed by atoms with Crippen molar-refractivity contribution in [3.05, 3.63) is 29.3 Å². The van der Waals surface area contributed by atoms with E-state index in [0.29, 0.717) is 30.0 Å². The lowest BCUT2D eigenvalue weighted by Gasteiger charge is -2.31. The lowest BCUT2D eigenvalue weighted by molar-refractivity contribution is -0.137. The SMILES string of the molecule is N#Cc1ccc(N2CC3CC4CC3C2C4O)cc1C(F)(F)F. The zero-order valence-electron chi connectivity index (χ0n) is 11.7. The van der Waals surface area contributed by atoms with Crippen LogP contribution in [0.1, 0.15) is 24.0 Å². The van der Waals surface area contributed by atoms with Gasteiger partial charge in [0.1, 0.15) is 0 Å². The monoisotopic (exact) mass is 308 g/mol. The molecule has 2 saturated carbocycles. The first-order valence-electron chi connectivity index (χ1n) is 7.46. The summed E-state index contributed by atoms with van der Waals surface area (Å²) in [6, 6.07) is 5.39. The molecule has 5 atom stereocenters. The summed E-state index contributed by atoms with van der Waals surface area (Å²) in [4.78, 5) is 1.92. The number of benzene rings is 1. The van der Waals surface area contributed by atoms with Gasteiger partial charge in [-0.1, -0.05) is 0 Å². The highest BCUT2D eigenvalue weighted by Gasteiger charge is 2.59. The number of rotatable bonds is 1. The van der Waals surface area contributed by atoms with Gasteiger partial charge < -0.3 is 10.0 Å². The first-order valence-corrected chi connectivity index (χ1v) is 7.46. The molecule has 2 bridgehead atoms. The molecule has 0 radical (unpaired) electrons. The van der Waals surface area contributed by atoms with Gasteiger partial charge in [0.05, 0.1) is 29.3 Å². The number of hydrogen-bond donors (Lipinski definition) is 1. The second-order valence-corrected chi connectivity index (χ2v) is 6.63. The molecule has 22 heavy (non-hydrogen) atoms. The molecule has 4 rings (SSSR count). The number of aliphatic hydroxyl groups is 1. The minimum Gasteiger partial charge on any atom is -0.391 e. The maximum Gasteiger partial charge on any atom is 0.417 e. The molecule has 3 nitrogen and oxygen atoms in total. The number of alkyl halides is 3. The Balaban J connectivity index is 1.74. The van der Waals surface area contributed by atoms with E-state index in [-0.39, 0.29) is 11.6 Å². The van der Waals surface area contributed by atoms with E-state index < -0.39 is 17.8 Å². The van der Waals surface area contributed by atoms with E-state index in [1.54, 1.807) is 12.1 Å². The van der Waals surface area contributed by atoms with E-state index in [1.165, 1.54) is 6.07 Å². The highest BCUT2D eigenvalue weighted by Crippen LogP contribution is 2.56. The van der Waals surface area contributed by atoms with Crippen LogP contribution < -0.4 is 4.90 Å². The molecule has 1 aromatic rings. The van der Waals surface area contributed by atoms with Gasteiger partial charge in [0, 0.05) is 12.2 Å². The molecule has 6 heteroatoms. The van der Waals surface area contributed by atoms with Gasteiger partial charge >= 0.3 is 6.18 Å². The van der Waals surface area contributed by atoms with Gasteiger partial charge in [-0.25, -0.2) is 0 Å². The van der Waals surface area contributed by atoms with Crippen molar-refractivity contribution in [2.45, 2.75) is 31.2 Å². The molecule has 0 aromatic heterocycles. The maximum absolute atomic E-state index is 13.1. The number of halogens is 3. The number of aliphatic hydroxyl groups excluding tert-OH is 1. The fraction of sp³-hybridized carbons (Fsp3) is 0.562. The lowest BCUT2D eigenvalue weighted by Crippen LogP contribution is -2.40. The first kappa shape index (κ1) is 13.9. The molecule has 1 N–H and O–H groups in total. The zero-order chi connectivity index (χ0) is 15.6. The lowest BCUT2D eigenvalue weighted by atomic mass is 9.88. The Morgan fingerprint density at radius 1 is 1.23 bits per heavy atom. The van der Waals surface area contributed by atoms with Crippen molar-refractivity contribution in [1.29, 1.82) is 5.26 Å². The molecule has 3 fully saturated rings. The van der Waals surface area contributed by atoms with Crippen LogP contribution in [0.15, 0.2) is 18.2 Å². The topological polar surface area (TPSA) is 47.3 Å². The average molecular weight is 308 g/mol. The van der Waals surface area contributed by atoms with Crippen LogP contribution >= 0.6 is 0 Å². The summed E-state index contributed by atoms with van der Waals surface area (Å²) < 4.78 is 39.3. The van der Waals surface area contributed by atoms with Gasteiger partial charge in [-0.2, -0.15) is 18.4 Å². The van der Waals surface area contributed by atoms with E-state index >= 15 is 0 Å². The summed E-state index contributed by atoms with van der Waals surface area (Å²) in [5.41, 5.74) is -0.788. The average Bonchev–Trinajstić information content (AvgIpc) is 3.07. The molecule has 5 unspecified atom stereocenters. The molecule has 2 aliphatic carbocycles. The Bertz CT molecular complexity index is 664. The van der Waals surface area contributed by atoms with Gasteiger partial charge in [0.15, 0.2) is 0 Å². The molecular weight excluding hydrogens is 293 g/mol. The Labute approximate surface area is 126 Å². The van der Waals surface area contributed by atoms with Crippen molar-refractivity contribution in [1.82, 2.24) is 0 Å². The Morgan fingerprint density at radius 3 is 2.64 bits per heavy atom. The Morgan fingerprint density at radius 2 is 2.00 bits per heavy atom. The minimum absolute atomic E-state index is 0.0715. The predicted octanol–water partition coefficient (Wildman–Crippen LogP) is 2.78. The van der Waals surface area contributed by atoms with Gasteiger partial charge in [0.25, 0.3) is 0 Å². The second-order valence-electron chi connectivity index (χ2n) is 6.63. The van der Waals surface area contributed by atoms with Crippen LogP contribution in [0.3, 0.4) is 0 Å². The molecule has 3 aliphatic rings. The molecule has 1 saturated heterocycles. The van der Waals surface area contributed by atoms with Crippen molar-refractivity contribution in [3.8, 4) is 6.07 Å². The number of nitriles is 1. The predicted molar refractivity (Wildman–Crippen MR) is 73.0 cm³/mol. The highest BCUT2D eigenvalue weighted by molar-refractivity contribution is 5.57. The summed E-state index contributed by atoms with van der Waals surface area (Å²) >= 11 is 0. The van der Waals surface area contributed by atoms with Gasteiger partial charge in [-0.3, -0.25) is 0 Å². The number of anilines is 1. The van der Waals surface area contributed by atoms with Crippen LogP contribution in [0.5, 0.6) is 0 Å². The van der Waals surface area contributed by atoms with Crippen LogP contribution in [0.25, 0.3) is 0 Å².